The maximum atomic E-state index is 6.09. The highest BCUT2D eigenvalue weighted by Crippen LogP contribution is 2.28. The van der Waals surface area contributed by atoms with Crippen molar-refractivity contribution in [2.24, 2.45) is 10.7 Å². The molecule has 0 bridgehead atoms. The van der Waals surface area contributed by atoms with Gasteiger partial charge in [0.25, 0.3) is 0 Å². The molecule has 1 aliphatic carbocycles. The number of rotatable bonds is 5. The van der Waals surface area contributed by atoms with E-state index < -0.39 is 0 Å². The van der Waals surface area contributed by atoms with Gasteiger partial charge in [0.15, 0.2) is 5.96 Å². The monoisotopic (exact) mass is 466 g/mol. The van der Waals surface area contributed by atoms with Crippen LogP contribution in [0.5, 0.6) is 5.75 Å². The number of anilines is 1. The first-order valence-electron chi connectivity index (χ1n) is 7.92. The van der Waals surface area contributed by atoms with E-state index >= 15 is 0 Å². The predicted octanol–water partition coefficient (Wildman–Crippen LogP) is 2.56. The molecular weight excluding hydrogens is 443 g/mol. The van der Waals surface area contributed by atoms with E-state index in [2.05, 4.69) is 15.2 Å². The Bertz CT molecular complexity index is 583. The first kappa shape index (κ1) is 19.6. The van der Waals surface area contributed by atoms with Crippen LogP contribution in [0.1, 0.15) is 12.8 Å². The van der Waals surface area contributed by atoms with Crippen molar-refractivity contribution in [3.63, 3.8) is 0 Å². The molecule has 1 aliphatic heterocycles. The van der Waals surface area contributed by atoms with Crippen molar-refractivity contribution >= 4 is 47.2 Å². The highest BCUT2D eigenvalue weighted by molar-refractivity contribution is 14.0. The largest absolute Gasteiger partial charge is 0.495 e. The zero-order valence-corrected chi connectivity index (χ0v) is 16.8. The van der Waals surface area contributed by atoms with Gasteiger partial charge in [-0.05, 0) is 31.0 Å². The van der Waals surface area contributed by atoms with Crippen LogP contribution < -0.4 is 15.8 Å². The normalized spacial score (nSPS) is 21.9. The van der Waals surface area contributed by atoms with Gasteiger partial charge in [-0.15, -0.1) is 24.0 Å². The predicted molar refractivity (Wildman–Crippen MR) is 108 cm³/mol. The molecule has 1 atom stereocenters. The molecule has 0 aromatic heterocycles. The second-order valence-electron chi connectivity index (χ2n) is 5.92. The van der Waals surface area contributed by atoms with E-state index in [0.717, 1.165) is 31.4 Å². The van der Waals surface area contributed by atoms with Crippen LogP contribution in [-0.4, -0.2) is 56.4 Å². The molecule has 6 nitrogen and oxygen atoms in total. The van der Waals surface area contributed by atoms with Gasteiger partial charge in [0.05, 0.1) is 31.4 Å². The van der Waals surface area contributed by atoms with Gasteiger partial charge in [0.2, 0.25) is 0 Å². The van der Waals surface area contributed by atoms with E-state index in [-0.39, 0.29) is 30.1 Å². The lowest BCUT2D eigenvalue weighted by Crippen LogP contribution is -2.45. The fraction of sp³-hybridized carbons (Fsp3) is 0.562. The molecule has 1 saturated carbocycles. The van der Waals surface area contributed by atoms with Crippen molar-refractivity contribution in [3.8, 4) is 5.75 Å². The molecule has 0 amide bonds. The van der Waals surface area contributed by atoms with Gasteiger partial charge in [0, 0.05) is 24.8 Å². The lowest BCUT2D eigenvalue weighted by molar-refractivity contribution is -0.0258. The Morgan fingerprint density at radius 1 is 1.50 bits per heavy atom. The van der Waals surface area contributed by atoms with Crippen LogP contribution in [0.2, 0.25) is 5.02 Å². The Labute approximate surface area is 164 Å². The van der Waals surface area contributed by atoms with E-state index in [1.54, 1.807) is 19.2 Å². The minimum atomic E-state index is 0. The van der Waals surface area contributed by atoms with Crippen molar-refractivity contribution in [1.82, 2.24) is 4.90 Å². The molecule has 1 heterocycles. The number of ether oxygens (including phenoxy) is 2. The SMILES string of the molecule is COc1ccc(NC(N)=NCC2CN(C3CC3)CCO2)cc1Cl.I. The fourth-order valence-corrected chi connectivity index (χ4v) is 3.01. The minimum Gasteiger partial charge on any atom is -0.495 e. The second-order valence-corrected chi connectivity index (χ2v) is 6.33. The van der Waals surface area contributed by atoms with Crippen LogP contribution in [0.4, 0.5) is 5.69 Å². The average molecular weight is 467 g/mol. The summed E-state index contributed by atoms with van der Waals surface area (Å²) < 4.78 is 10.9. The van der Waals surface area contributed by atoms with Crippen molar-refractivity contribution < 1.29 is 9.47 Å². The number of morpholine rings is 1. The van der Waals surface area contributed by atoms with Crippen LogP contribution in [0, 0.1) is 0 Å². The Balaban J connectivity index is 0.00000208. The van der Waals surface area contributed by atoms with Crippen molar-refractivity contribution in [2.75, 3.05) is 38.7 Å². The first-order valence-corrected chi connectivity index (χ1v) is 8.29. The molecule has 1 unspecified atom stereocenters. The van der Waals surface area contributed by atoms with E-state index in [4.69, 9.17) is 26.8 Å². The number of nitrogens with one attached hydrogen (secondary N) is 1. The number of hydrogen-bond donors (Lipinski definition) is 2. The maximum Gasteiger partial charge on any atom is 0.193 e. The fourth-order valence-electron chi connectivity index (χ4n) is 2.76. The van der Waals surface area contributed by atoms with Gasteiger partial charge in [-0.3, -0.25) is 9.89 Å². The summed E-state index contributed by atoms with van der Waals surface area (Å²) in [4.78, 5) is 6.88. The van der Waals surface area contributed by atoms with Gasteiger partial charge in [-0.25, -0.2) is 0 Å². The van der Waals surface area contributed by atoms with E-state index in [1.165, 1.54) is 12.8 Å². The summed E-state index contributed by atoms with van der Waals surface area (Å²) >= 11 is 6.09. The molecule has 0 radical (unpaired) electrons. The lowest BCUT2D eigenvalue weighted by atomic mass is 10.2. The summed E-state index contributed by atoms with van der Waals surface area (Å²) in [5.41, 5.74) is 6.72. The van der Waals surface area contributed by atoms with Crippen LogP contribution in [-0.2, 0) is 4.74 Å². The van der Waals surface area contributed by atoms with Gasteiger partial charge in [-0.1, -0.05) is 11.6 Å². The number of guanidine groups is 1. The highest BCUT2D eigenvalue weighted by Gasteiger charge is 2.32. The third kappa shape index (κ3) is 5.37. The molecule has 1 saturated heterocycles. The average Bonchev–Trinajstić information content (AvgIpc) is 3.38. The molecule has 3 N–H and O–H groups in total. The van der Waals surface area contributed by atoms with Crippen LogP contribution in [0.25, 0.3) is 0 Å². The van der Waals surface area contributed by atoms with Gasteiger partial charge in [-0.2, -0.15) is 0 Å². The van der Waals surface area contributed by atoms with Gasteiger partial charge >= 0.3 is 0 Å². The molecule has 2 aliphatic rings. The molecule has 3 rings (SSSR count). The Hall–Kier alpha value is -0.770. The summed E-state index contributed by atoms with van der Waals surface area (Å²) in [5, 5.41) is 3.57. The summed E-state index contributed by atoms with van der Waals surface area (Å²) in [6, 6.07) is 6.16. The molecule has 0 spiro atoms. The molecule has 1 aromatic rings. The molecule has 24 heavy (non-hydrogen) atoms. The number of halogens is 2. The molecule has 134 valence electrons. The smallest absolute Gasteiger partial charge is 0.193 e. The van der Waals surface area contributed by atoms with Crippen LogP contribution in [0.15, 0.2) is 23.2 Å². The quantitative estimate of drug-likeness (QED) is 0.396. The number of nitrogens with two attached hydrogens (primary N) is 1. The number of methoxy groups -OCH3 is 1. The second kappa shape index (κ2) is 9.07. The van der Waals surface area contributed by atoms with E-state index in [9.17, 15) is 0 Å². The number of aliphatic imine (C=N–C) groups is 1. The van der Waals surface area contributed by atoms with Gasteiger partial charge < -0.3 is 20.5 Å². The zero-order chi connectivity index (χ0) is 16.2. The highest BCUT2D eigenvalue weighted by atomic mass is 127. The number of nitrogens with zero attached hydrogens (tertiary/aromatic N) is 2. The molecule has 1 aromatic carbocycles. The van der Waals surface area contributed by atoms with Crippen LogP contribution in [0.3, 0.4) is 0 Å². The lowest BCUT2D eigenvalue weighted by Gasteiger charge is -2.32. The Morgan fingerprint density at radius 2 is 2.29 bits per heavy atom. The molecular formula is C16H24ClIN4O2. The van der Waals surface area contributed by atoms with E-state index in [0.29, 0.717) is 23.3 Å². The molecule has 8 heteroatoms. The third-order valence-electron chi connectivity index (χ3n) is 4.12. The number of hydrogen-bond acceptors (Lipinski definition) is 4. The minimum absolute atomic E-state index is 0. The topological polar surface area (TPSA) is 72.1 Å². The third-order valence-corrected chi connectivity index (χ3v) is 4.42. The van der Waals surface area contributed by atoms with Crippen molar-refractivity contribution in [1.29, 1.82) is 0 Å². The van der Waals surface area contributed by atoms with Crippen LogP contribution >= 0.6 is 35.6 Å². The van der Waals surface area contributed by atoms with Crippen molar-refractivity contribution in [2.45, 2.75) is 25.0 Å². The molecule has 2 fully saturated rings. The summed E-state index contributed by atoms with van der Waals surface area (Å²) in [7, 11) is 1.58. The standard InChI is InChI=1S/C16H23ClN4O2.HI/c1-22-15-5-2-11(8-14(15)17)20-16(18)19-9-13-10-21(6-7-23-13)12-3-4-12;/h2,5,8,12-13H,3-4,6-7,9-10H2,1H3,(H3,18,19,20);1H. The van der Waals surface area contributed by atoms with Gasteiger partial charge in [0.1, 0.15) is 5.75 Å². The van der Waals surface area contributed by atoms with E-state index in [1.807, 2.05) is 6.07 Å². The maximum absolute atomic E-state index is 6.09. The number of benzene rings is 1. The Morgan fingerprint density at radius 3 is 2.96 bits per heavy atom. The first-order chi connectivity index (χ1) is 11.2. The Kier molecular flexibility index (Phi) is 7.39. The summed E-state index contributed by atoms with van der Waals surface area (Å²) in [6.07, 6.45) is 2.75. The zero-order valence-electron chi connectivity index (χ0n) is 13.7. The van der Waals surface area contributed by atoms with Crippen molar-refractivity contribution in [3.05, 3.63) is 23.2 Å². The summed E-state index contributed by atoms with van der Waals surface area (Å²) in [6.45, 7) is 3.31. The summed E-state index contributed by atoms with van der Waals surface area (Å²) in [5.74, 6) is 0.988.